The van der Waals surface area contributed by atoms with Gasteiger partial charge in [-0.3, -0.25) is 14.3 Å². The minimum atomic E-state index is -0.448. The Morgan fingerprint density at radius 1 is 1.33 bits per heavy atom. The SMILES string of the molecule is Cc1cn(CC(=O)NC[C@H]2CCn3ncc(C(N)=O)c3C2)c2ccccc12. The molecule has 7 nitrogen and oxygen atoms in total. The highest BCUT2D eigenvalue weighted by Crippen LogP contribution is 2.23. The van der Waals surface area contributed by atoms with E-state index in [1.165, 1.54) is 11.6 Å². The lowest BCUT2D eigenvalue weighted by Gasteiger charge is -2.24. The Labute approximate surface area is 157 Å². The van der Waals surface area contributed by atoms with E-state index in [4.69, 9.17) is 5.73 Å². The van der Waals surface area contributed by atoms with E-state index in [2.05, 4.69) is 23.4 Å². The lowest BCUT2D eigenvalue weighted by atomic mass is 9.94. The van der Waals surface area contributed by atoms with Crippen LogP contribution in [0.4, 0.5) is 0 Å². The molecule has 27 heavy (non-hydrogen) atoms. The van der Waals surface area contributed by atoms with Crippen molar-refractivity contribution in [2.75, 3.05) is 6.54 Å². The first-order chi connectivity index (χ1) is 13.0. The van der Waals surface area contributed by atoms with Crippen LogP contribution in [0.2, 0.25) is 0 Å². The van der Waals surface area contributed by atoms with Crippen LogP contribution in [0.25, 0.3) is 10.9 Å². The summed E-state index contributed by atoms with van der Waals surface area (Å²) in [6.07, 6.45) is 5.17. The third-order valence-corrected chi connectivity index (χ3v) is 5.33. The van der Waals surface area contributed by atoms with Gasteiger partial charge in [0.25, 0.3) is 5.91 Å². The maximum absolute atomic E-state index is 12.5. The Balaban J connectivity index is 1.38. The molecule has 3 aromatic rings. The number of benzene rings is 1. The molecule has 0 saturated heterocycles. The molecule has 1 aliphatic heterocycles. The summed E-state index contributed by atoms with van der Waals surface area (Å²) in [5.74, 6) is -0.180. The van der Waals surface area contributed by atoms with Crippen LogP contribution in [-0.4, -0.2) is 32.7 Å². The van der Waals surface area contributed by atoms with E-state index in [9.17, 15) is 9.59 Å². The van der Waals surface area contributed by atoms with Crippen molar-refractivity contribution in [3.63, 3.8) is 0 Å². The Morgan fingerprint density at radius 2 is 2.15 bits per heavy atom. The smallest absolute Gasteiger partial charge is 0.252 e. The van der Waals surface area contributed by atoms with Gasteiger partial charge in [0, 0.05) is 30.2 Å². The van der Waals surface area contributed by atoms with Crippen molar-refractivity contribution in [2.24, 2.45) is 11.7 Å². The van der Waals surface area contributed by atoms with Gasteiger partial charge in [-0.25, -0.2) is 0 Å². The Morgan fingerprint density at radius 3 is 2.96 bits per heavy atom. The molecule has 0 bridgehead atoms. The van der Waals surface area contributed by atoms with E-state index in [-0.39, 0.29) is 11.8 Å². The Kier molecular flexibility index (Phi) is 4.43. The van der Waals surface area contributed by atoms with Crippen LogP contribution >= 0.6 is 0 Å². The third kappa shape index (κ3) is 3.32. The van der Waals surface area contributed by atoms with Crippen LogP contribution < -0.4 is 11.1 Å². The van der Waals surface area contributed by atoms with Gasteiger partial charge in [-0.15, -0.1) is 0 Å². The number of primary amides is 1. The molecular weight excluding hydrogens is 342 g/mol. The maximum Gasteiger partial charge on any atom is 0.252 e. The molecule has 2 amide bonds. The molecule has 0 aliphatic carbocycles. The summed E-state index contributed by atoms with van der Waals surface area (Å²) in [5.41, 5.74) is 9.01. The van der Waals surface area contributed by atoms with Crippen LogP contribution in [0.5, 0.6) is 0 Å². The minimum Gasteiger partial charge on any atom is -0.365 e. The number of nitrogens with two attached hydrogens (primary N) is 1. The highest BCUT2D eigenvalue weighted by atomic mass is 16.2. The summed E-state index contributed by atoms with van der Waals surface area (Å²) in [4.78, 5) is 24.0. The number of aryl methyl sites for hydroxylation is 2. The van der Waals surface area contributed by atoms with Gasteiger partial charge in [-0.1, -0.05) is 18.2 Å². The Hall–Kier alpha value is -3.09. The van der Waals surface area contributed by atoms with Gasteiger partial charge in [-0.05, 0) is 37.3 Å². The fourth-order valence-corrected chi connectivity index (χ4v) is 3.91. The fraction of sp³-hybridized carbons (Fsp3) is 0.350. The maximum atomic E-state index is 12.5. The van der Waals surface area contributed by atoms with E-state index in [1.807, 2.05) is 33.6 Å². The van der Waals surface area contributed by atoms with Gasteiger partial charge in [0.15, 0.2) is 0 Å². The average Bonchev–Trinajstić information content (AvgIpc) is 3.22. The highest BCUT2D eigenvalue weighted by Gasteiger charge is 2.24. The number of hydrogen-bond acceptors (Lipinski definition) is 3. The number of fused-ring (bicyclic) bond motifs is 2. The zero-order valence-electron chi connectivity index (χ0n) is 15.3. The second-order valence-electron chi connectivity index (χ2n) is 7.21. The van der Waals surface area contributed by atoms with Crippen LogP contribution in [0.1, 0.15) is 28.0 Å². The summed E-state index contributed by atoms with van der Waals surface area (Å²) in [6, 6.07) is 8.09. The molecular formula is C20H23N5O2. The van der Waals surface area contributed by atoms with Gasteiger partial charge in [-0.2, -0.15) is 5.10 Å². The van der Waals surface area contributed by atoms with E-state index in [1.54, 1.807) is 0 Å². The van der Waals surface area contributed by atoms with Crippen LogP contribution in [0, 0.1) is 12.8 Å². The molecule has 0 fully saturated rings. The van der Waals surface area contributed by atoms with Crippen molar-refractivity contribution in [2.45, 2.75) is 32.9 Å². The monoisotopic (exact) mass is 365 g/mol. The van der Waals surface area contributed by atoms with E-state index in [0.29, 0.717) is 25.1 Å². The van der Waals surface area contributed by atoms with Crippen LogP contribution in [0.3, 0.4) is 0 Å². The zero-order valence-corrected chi connectivity index (χ0v) is 15.3. The summed E-state index contributed by atoms with van der Waals surface area (Å²) < 4.78 is 3.83. The second kappa shape index (κ2) is 6.90. The van der Waals surface area contributed by atoms with Crippen molar-refractivity contribution in [3.8, 4) is 0 Å². The number of rotatable bonds is 5. The van der Waals surface area contributed by atoms with Gasteiger partial charge >= 0.3 is 0 Å². The first-order valence-corrected chi connectivity index (χ1v) is 9.18. The fourth-order valence-electron chi connectivity index (χ4n) is 3.91. The van der Waals surface area contributed by atoms with E-state index >= 15 is 0 Å². The number of nitrogens with one attached hydrogen (secondary N) is 1. The van der Waals surface area contributed by atoms with E-state index < -0.39 is 5.91 Å². The van der Waals surface area contributed by atoms with Crippen molar-refractivity contribution in [1.82, 2.24) is 19.7 Å². The average molecular weight is 365 g/mol. The topological polar surface area (TPSA) is 94.9 Å². The molecule has 0 spiro atoms. The van der Waals surface area contributed by atoms with E-state index in [0.717, 1.165) is 29.7 Å². The number of aromatic nitrogens is 3. The van der Waals surface area contributed by atoms with Gasteiger partial charge < -0.3 is 15.6 Å². The molecule has 7 heteroatoms. The first-order valence-electron chi connectivity index (χ1n) is 9.18. The van der Waals surface area contributed by atoms with Crippen molar-refractivity contribution >= 4 is 22.7 Å². The quantitative estimate of drug-likeness (QED) is 0.719. The molecule has 3 N–H and O–H groups in total. The largest absolute Gasteiger partial charge is 0.365 e. The summed E-state index contributed by atoms with van der Waals surface area (Å²) in [5, 5.41) is 8.43. The minimum absolute atomic E-state index is 0.00930. The van der Waals surface area contributed by atoms with Crippen molar-refractivity contribution < 1.29 is 9.59 Å². The number of nitrogens with zero attached hydrogens (tertiary/aromatic N) is 3. The lowest BCUT2D eigenvalue weighted by molar-refractivity contribution is -0.121. The second-order valence-corrected chi connectivity index (χ2v) is 7.21. The standard InChI is InChI=1S/C20H23N5O2/c1-13-11-24(17-5-3-2-4-15(13)17)12-19(26)22-9-14-6-7-25-18(8-14)16(10-23-25)20(21)27/h2-5,10-11,14H,6-9,12H2,1H3,(H2,21,27)(H,22,26)/t14-/m0/s1. The van der Waals surface area contributed by atoms with Crippen LogP contribution in [0.15, 0.2) is 36.7 Å². The molecule has 4 rings (SSSR count). The molecule has 0 radical (unpaired) electrons. The lowest BCUT2D eigenvalue weighted by Crippen LogP contribution is -2.35. The van der Waals surface area contributed by atoms with Gasteiger partial charge in [0.2, 0.25) is 5.91 Å². The third-order valence-electron chi connectivity index (χ3n) is 5.33. The molecule has 0 saturated carbocycles. The summed E-state index contributed by atoms with van der Waals surface area (Å²) in [7, 11) is 0. The summed E-state index contributed by atoms with van der Waals surface area (Å²) in [6.45, 7) is 3.68. The Bertz CT molecular complexity index is 1020. The summed E-state index contributed by atoms with van der Waals surface area (Å²) >= 11 is 0. The zero-order chi connectivity index (χ0) is 19.0. The predicted molar refractivity (Wildman–Crippen MR) is 102 cm³/mol. The number of carbonyl (C=O) groups excluding carboxylic acids is 2. The molecule has 140 valence electrons. The van der Waals surface area contributed by atoms with Gasteiger partial charge in [0.05, 0.1) is 17.5 Å². The molecule has 0 unspecified atom stereocenters. The first kappa shape index (κ1) is 17.3. The normalized spacial score (nSPS) is 16.3. The molecule has 1 aromatic carbocycles. The number of amides is 2. The number of hydrogen-bond donors (Lipinski definition) is 2. The number of carbonyl (C=O) groups is 2. The van der Waals surface area contributed by atoms with Gasteiger partial charge in [0.1, 0.15) is 6.54 Å². The van der Waals surface area contributed by atoms with Crippen molar-refractivity contribution in [3.05, 3.63) is 53.5 Å². The predicted octanol–water partition coefficient (Wildman–Crippen LogP) is 1.62. The number of para-hydroxylation sites is 1. The molecule has 1 aliphatic rings. The van der Waals surface area contributed by atoms with Crippen LogP contribution in [-0.2, 0) is 24.3 Å². The molecule has 3 heterocycles. The molecule has 1 atom stereocenters. The molecule has 2 aromatic heterocycles. The highest BCUT2D eigenvalue weighted by molar-refractivity contribution is 5.93. The van der Waals surface area contributed by atoms with Crippen molar-refractivity contribution in [1.29, 1.82) is 0 Å².